The van der Waals surface area contributed by atoms with E-state index in [0.717, 1.165) is 5.57 Å². The number of rotatable bonds is 4. The zero-order chi connectivity index (χ0) is 9.72. The molecule has 0 unspecified atom stereocenters. The zero-order valence-electron chi connectivity index (χ0n) is 8.97. The Kier molecular flexibility index (Phi) is 4.87. The maximum absolute atomic E-state index is 5.48. The van der Waals surface area contributed by atoms with E-state index in [4.69, 9.17) is 9.39 Å². The van der Waals surface area contributed by atoms with Gasteiger partial charge in [0.1, 0.15) is 0 Å². The normalized spacial score (nSPS) is 9.58. The summed E-state index contributed by atoms with van der Waals surface area (Å²) < 4.78 is 11.0. The smallest absolute Gasteiger partial charge is 0.355 e. The second kappa shape index (κ2) is 5.12. The zero-order valence-corrected chi connectivity index (χ0v) is 8.97. The van der Waals surface area contributed by atoms with Crippen molar-refractivity contribution in [3.63, 3.8) is 0 Å². The Labute approximate surface area is 76.1 Å². The van der Waals surface area contributed by atoms with Crippen LogP contribution in [0.3, 0.4) is 0 Å². The van der Waals surface area contributed by atoms with E-state index in [0.29, 0.717) is 5.95 Å². The van der Waals surface area contributed by atoms with E-state index in [2.05, 4.69) is 0 Å². The molecule has 0 aliphatic carbocycles. The van der Waals surface area contributed by atoms with Crippen LogP contribution in [0.5, 0.6) is 0 Å². The van der Waals surface area contributed by atoms with Crippen LogP contribution in [-0.4, -0.2) is 13.0 Å². The first kappa shape index (κ1) is 11.4. The van der Waals surface area contributed by atoms with Crippen molar-refractivity contribution in [3.05, 3.63) is 11.5 Å². The van der Waals surface area contributed by atoms with Gasteiger partial charge >= 0.3 is 6.92 Å². The van der Waals surface area contributed by atoms with Crippen LogP contribution in [0.2, 0.25) is 13.6 Å². The fraction of sp³-hybridized carbons (Fsp3) is 0.778. The molecule has 0 rings (SSSR count). The summed E-state index contributed by atoms with van der Waals surface area (Å²) in [6.45, 7) is 12.1. The molecular formula is C9H19BO2. The summed E-state index contributed by atoms with van der Waals surface area (Å²) in [5.74, 6) is 0.667. The van der Waals surface area contributed by atoms with Crippen molar-refractivity contribution in [1.82, 2.24) is 0 Å². The molecule has 0 radical (unpaired) electrons. The SMILES string of the molecule is CB(C)OC(OC(C)C)=C(C)C. The number of hydrogen-bond donors (Lipinski definition) is 0. The average molecular weight is 170 g/mol. The van der Waals surface area contributed by atoms with Crippen molar-refractivity contribution in [2.75, 3.05) is 0 Å². The van der Waals surface area contributed by atoms with Gasteiger partial charge in [0, 0.05) is 5.57 Å². The molecule has 0 atom stereocenters. The molecule has 0 fully saturated rings. The van der Waals surface area contributed by atoms with Gasteiger partial charge in [-0.25, -0.2) is 0 Å². The highest BCUT2D eigenvalue weighted by Crippen LogP contribution is 2.11. The van der Waals surface area contributed by atoms with Gasteiger partial charge in [0.2, 0.25) is 0 Å². The van der Waals surface area contributed by atoms with Gasteiger partial charge in [-0.1, -0.05) is 0 Å². The van der Waals surface area contributed by atoms with Gasteiger partial charge in [0.05, 0.1) is 6.10 Å². The van der Waals surface area contributed by atoms with E-state index in [-0.39, 0.29) is 13.0 Å². The van der Waals surface area contributed by atoms with E-state index >= 15 is 0 Å². The van der Waals surface area contributed by atoms with E-state index in [1.54, 1.807) is 0 Å². The molecule has 0 aliphatic heterocycles. The van der Waals surface area contributed by atoms with Crippen molar-refractivity contribution < 1.29 is 9.39 Å². The second-order valence-corrected chi connectivity index (χ2v) is 3.62. The molecule has 2 nitrogen and oxygen atoms in total. The minimum atomic E-state index is 0.175. The Morgan fingerprint density at radius 3 is 1.92 bits per heavy atom. The van der Waals surface area contributed by atoms with Gasteiger partial charge in [-0.2, -0.15) is 0 Å². The molecule has 0 saturated carbocycles. The van der Waals surface area contributed by atoms with Crippen molar-refractivity contribution in [2.24, 2.45) is 0 Å². The third-order valence-corrected chi connectivity index (χ3v) is 1.09. The first-order chi connectivity index (χ1) is 5.43. The fourth-order valence-corrected chi connectivity index (χ4v) is 0.692. The van der Waals surface area contributed by atoms with Crippen LogP contribution in [0.25, 0.3) is 0 Å². The first-order valence-electron chi connectivity index (χ1n) is 4.44. The van der Waals surface area contributed by atoms with Crippen LogP contribution in [0, 0.1) is 0 Å². The second-order valence-electron chi connectivity index (χ2n) is 3.62. The molecular weight excluding hydrogens is 151 g/mol. The molecule has 0 aromatic carbocycles. The third kappa shape index (κ3) is 5.11. The van der Waals surface area contributed by atoms with Gasteiger partial charge in [-0.3, -0.25) is 0 Å². The number of hydrogen-bond acceptors (Lipinski definition) is 2. The van der Waals surface area contributed by atoms with Crippen molar-refractivity contribution in [3.8, 4) is 0 Å². The third-order valence-electron chi connectivity index (χ3n) is 1.09. The predicted molar refractivity (Wildman–Crippen MR) is 53.2 cm³/mol. The molecule has 0 saturated heterocycles. The lowest BCUT2D eigenvalue weighted by Gasteiger charge is -2.17. The first-order valence-corrected chi connectivity index (χ1v) is 4.44. The Balaban J connectivity index is 4.17. The summed E-state index contributed by atoms with van der Waals surface area (Å²) in [7, 11) is 0. The van der Waals surface area contributed by atoms with Crippen molar-refractivity contribution in [2.45, 2.75) is 47.4 Å². The standard InChI is InChI=1S/C9H19BO2/c1-7(2)9(11-8(3)4)12-10(5)6/h8H,1-6H3. The fourth-order valence-electron chi connectivity index (χ4n) is 0.692. The van der Waals surface area contributed by atoms with Crippen molar-refractivity contribution >= 4 is 6.92 Å². The average Bonchev–Trinajstić information content (AvgIpc) is 1.83. The van der Waals surface area contributed by atoms with Crippen LogP contribution in [0.15, 0.2) is 11.5 Å². The molecule has 0 aromatic rings. The summed E-state index contributed by atoms with van der Waals surface area (Å²) in [6, 6.07) is 0. The van der Waals surface area contributed by atoms with Crippen LogP contribution < -0.4 is 0 Å². The van der Waals surface area contributed by atoms with Crippen LogP contribution >= 0.6 is 0 Å². The lowest BCUT2D eigenvalue weighted by molar-refractivity contribution is 0.0595. The number of allylic oxidation sites excluding steroid dienone is 1. The van der Waals surface area contributed by atoms with Crippen LogP contribution in [0.4, 0.5) is 0 Å². The highest BCUT2D eigenvalue weighted by molar-refractivity contribution is 6.48. The summed E-state index contributed by atoms with van der Waals surface area (Å²) in [4.78, 5) is 0. The minimum Gasteiger partial charge on any atom is -0.537 e. The largest absolute Gasteiger partial charge is 0.537 e. The quantitative estimate of drug-likeness (QED) is 0.477. The monoisotopic (exact) mass is 170 g/mol. The highest BCUT2D eigenvalue weighted by atomic mass is 16.7. The molecule has 0 spiro atoms. The molecule has 3 heteroatoms. The Morgan fingerprint density at radius 2 is 1.67 bits per heavy atom. The maximum Gasteiger partial charge on any atom is 0.355 e. The van der Waals surface area contributed by atoms with Gasteiger partial charge in [-0.15, -0.1) is 0 Å². The van der Waals surface area contributed by atoms with E-state index in [9.17, 15) is 0 Å². The summed E-state index contributed by atoms with van der Waals surface area (Å²) in [5.41, 5.74) is 1.08. The molecule has 0 heterocycles. The molecule has 0 N–H and O–H groups in total. The van der Waals surface area contributed by atoms with Crippen LogP contribution in [-0.2, 0) is 9.39 Å². The molecule has 0 aromatic heterocycles. The van der Waals surface area contributed by atoms with E-state index < -0.39 is 0 Å². The molecule has 12 heavy (non-hydrogen) atoms. The van der Waals surface area contributed by atoms with Gasteiger partial charge < -0.3 is 9.39 Å². The number of ether oxygens (including phenoxy) is 1. The topological polar surface area (TPSA) is 18.5 Å². The van der Waals surface area contributed by atoms with Crippen LogP contribution in [0.1, 0.15) is 27.7 Å². The molecule has 0 aliphatic rings. The van der Waals surface area contributed by atoms with E-state index in [1.807, 2.05) is 41.3 Å². The van der Waals surface area contributed by atoms with Gasteiger partial charge in [0.25, 0.3) is 5.95 Å². The Bertz CT molecular complexity index is 146. The molecule has 70 valence electrons. The predicted octanol–water partition coefficient (Wildman–Crippen LogP) is 2.93. The summed E-state index contributed by atoms with van der Waals surface area (Å²) >= 11 is 0. The summed E-state index contributed by atoms with van der Waals surface area (Å²) in [6.07, 6.45) is 0.175. The molecule has 0 amide bonds. The Morgan fingerprint density at radius 1 is 1.17 bits per heavy atom. The summed E-state index contributed by atoms with van der Waals surface area (Å²) in [5, 5.41) is 0. The lowest BCUT2D eigenvalue weighted by atomic mass is 9.75. The highest BCUT2D eigenvalue weighted by Gasteiger charge is 2.09. The van der Waals surface area contributed by atoms with E-state index in [1.165, 1.54) is 0 Å². The Hall–Kier alpha value is -0.595. The minimum absolute atomic E-state index is 0.175. The maximum atomic E-state index is 5.48. The van der Waals surface area contributed by atoms with Gasteiger partial charge in [-0.05, 0) is 41.3 Å². The molecule has 0 bridgehead atoms. The van der Waals surface area contributed by atoms with Crippen molar-refractivity contribution in [1.29, 1.82) is 0 Å². The van der Waals surface area contributed by atoms with Gasteiger partial charge in [0.15, 0.2) is 0 Å². The lowest BCUT2D eigenvalue weighted by Crippen LogP contribution is -2.13.